The topological polar surface area (TPSA) is 33.2 Å². The Kier molecular flexibility index (Phi) is 4.36. The van der Waals surface area contributed by atoms with Crippen molar-refractivity contribution in [1.82, 2.24) is 9.88 Å². The average Bonchev–Trinajstić information content (AvgIpc) is 3.19. The number of aromatic nitrogens is 1. The standard InChI is InChI=1S/C17H16N2OS2/c1-12-5-3-4-6-13(12)9-19(2)17(20)15-11-22-16(18-15)14-7-8-21-10-14/h3-8,10-11H,9H2,1-2H3. The highest BCUT2D eigenvalue weighted by atomic mass is 32.1. The van der Waals surface area contributed by atoms with Gasteiger partial charge in [0.05, 0.1) is 0 Å². The highest BCUT2D eigenvalue weighted by Crippen LogP contribution is 2.26. The van der Waals surface area contributed by atoms with E-state index in [0.717, 1.165) is 16.1 Å². The largest absolute Gasteiger partial charge is 0.336 e. The third-order valence-corrected chi connectivity index (χ3v) is 5.08. The summed E-state index contributed by atoms with van der Waals surface area (Å²) in [7, 11) is 1.82. The molecule has 22 heavy (non-hydrogen) atoms. The van der Waals surface area contributed by atoms with Crippen molar-refractivity contribution in [3.05, 3.63) is 63.3 Å². The molecule has 3 aromatic rings. The van der Waals surface area contributed by atoms with E-state index in [1.165, 1.54) is 16.9 Å². The number of amides is 1. The Balaban J connectivity index is 1.75. The molecule has 0 saturated carbocycles. The monoisotopic (exact) mass is 328 g/mol. The number of aryl methyl sites for hydroxylation is 1. The van der Waals surface area contributed by atoms with Crippen LogP contribution in [0.5, 0.6) is 0 Å². The maximum absolute atomic E-state index is 12.5. The quantitative estimate of drug-likeness (QED) is 0.709. The molecule has 0 N–H and O–H groups in total. The summed E-state index contributed by atoms with van der Waals surface area (Å²) >= 11 is 3.14. The molecular formula is C17H16N2OS2. The number of benzene rings is 1. The number of nitrogens with zero attached hydrogens (tertiary/aromatic N) is 2. The Bertz CT molecular complexity index is 778. The van der Waals surface area contributed by atoms with Crippen LogP contribution in [-0.2, 0) is 6.54 Å². The SMILES string of the molecule is Cc1ccccc1CN(C)C(=O)c1csc(-c2ccsc2)n1. The molecule has 3 nitrogen and oxygen atoms in total. The molecule has 3 rings (SSSR count). The van der Waals surface area contributed by atoms with E-state index in [-0.39, 0.29) is 5.91 Å². The van der Waals surface area contributed by atoms with Crippen molar-refractivity contribution in [1.29, 1.82) is 0 Å². The van der Waals surface area contributed by atoms with Crippen LogP contribution in [-0.4, -0.2) is 22.8 Å². The lowest BCUT2D eigenvalue weighted by Gasteiger charge is -2.17. The van der Waals surface area contributed by atoms with Crippen molar-refractivity contribution in [3.63, 3.8) is 0 Å². The van der Waals surface area contributed by atoms with Crippen LogP contribution < -0.4 is 0 Å². The van der Waals surface area contributed by atoms with Gasteiger partial charge in [0, 0.05) is 29.9 Å². The van der Waals surface area contributed by atoms with Crippen LogP contribution in [0.15, 0.2) is 46.5 Å². The lowest BCUT2D eigenvalue weighted by molar-refractivity contribution is 0.0780. The molecule has 112 valence electrons. The van der Waals surface area contributed by atoms with Gasteiger partial charge in [0.15, 0.2) is 0 Å². The van der Waals surface area contributed by atoms with Crippen molar-refractivity contribution in [2.24, 2.45) is 0 Å². The fourth-order valence-corrected chi connectivity index (χ4v) is 3.71. The van der Waals surface area contributed by atoms with Gasteiger partial charge < -0.3 is 4.90 Å². The fourth-order valence-electron chi connectivity index (χ4n) is 2.20. The van der Waals surface area contributed by atoms with E-state index in [4.69, 9.17) is 0 Å². The summed E-state index contributed by atoms with van der Waals surface area (Å²) in [4.78, 5) is 18.7. The second kappa shape index (κ2) is 6.42. The summed E-state index contributed by atoms with van der Waals surface area (Å²) < 4.78 is 0. The van der Waals surface area contributed by atoms with E-state index in [1.807, 2.05) is 41.4 Å². The number of hydrogen-bond acceptors (Lipinski definition) is 4. The average molecular weight is 328 g/mol. The minimum absolute atomic E-state index is 0.0408. The van der Waals surface area contributed by atoms with Crippen LogP contribution in [0.4, 0.5) is 0 Å². The molecule has 0 radical (unpaired) electrons. The minimum Gasteiger partial charge on any atom is -0.336 e. The third-order valence-electron chi connectivity index (χ3n) is 3.51. The first-order valence-corrected chi connectivity index (χ1v) is 8.75. The van der Waals surface area contributed by atoms with Gasteiger partial charge in [-0.1, -0.05) is 24.3 Å². The second-order valence-corrected chi connectivity index (χ2v) is 6.78. The van der Waals surface area contributed by atoms with E-state index in [9.17, 15) is 4.79 Å². The molecule has 1 amide bonds. The van der Waals surface area contributed by atoms with Crippen LogP contribution in [0.1, 0.15) is 21.6 Å². The van der Waals surface area contributed by atoms with E-state index in [1.54, 1.807) is 16.2 Å². The van der Waals surface area contributed by atoms with Gasteiger partial charge in [-0.05, 0) is 29.5 Å². The number of carbonyl (C=O) groups is 1. The summed E-state index contributed by atoms with van der Waals surface area (Å²) in [5, 5.41) is 6.80. The van der Waals surface area contributed by atoms with Crippen molar-refractivity contribution in [2.75, 3.05) is 7.05 Å². The molecule has 1 aromatic carbocycles. The zero-order valence-corrected chi connectivity index (χ0v) is 14.1. The van der Waals surface area contributed by atoms with Gasteiger partial charge in [-0.25, -0.2) is 4.98 Å². The van der Waals surface area contributed by atoms with Crippen LogP contribution in [0.3, 0.4) is 0 Å². The van der Waals surface area contributed by atoms with Crippen molar-refractivity contribution >= 4 is 28.6 Å². The molecule has 2 heterocycles. The Morgan fingerprint density at radius 2 is 2.05 bits per heavy atom. The molecular weight excluding hydrogens is 312 g/mol. The third kappa shape index (κ3) is 3.10. The first kappa shape index (κ1) is 14.9. The first-order chi connectivity index (χ1) is 10.6. The molecule has 0 atom stereocenters. The summed E-state index contributed by atoms with van der Waals surface area (Å²) in [5.41, 5.74) is 3.95. The summed E-state index contributed by atoms with van der Waals surface area (Å²) in [6, 6.07) is 10.1. The zero-order valence-electron chi connectivity index (χ0n) is 12.4. The number of hydrogen-bond donors (Lipinski definition) is 0. The fraction of sp³-hybridized carbons (Fsp3) is 0.176. The van der Waals surface area contributed by atoms with Crippen molar-refractivity contribution in [2.45, 2.75) is 13.5 Å². The first-order valence-electron chi connectivity index (χ1n) is 6.93. The Labute approximate surface area is 137 Å². The molecule has 2 aromatic heterocycles. The number of carbonyl (C=O) groups excluding carboxylic acids is 1. The van der Waals surface area contributed by atoms with E-state index in [0.29, 0.717) is 12.2 Å². The molecule has 0 fully saturated rings. The van der Waals surface area contributed by atoms with E-state index < -0.39 is 0 Å². The maximum Gasteiger partial charge on any atom is 0.273 e. The van der Waals surface area contributed by atoms with Gasteiger partial charge in [0.1, 0.15) is 10.7 Å². The van der Waals surface area contributed by atoms with E-state index in [2.05, 4.69) is 24.0 Å². The van der Waals surface area contributed by atoms with Gasteiger partial charge >= 0.3 is 0 Å². The molecule has 0 aliphatic heterocycles. The van der Waals surface area contributed by atoms with Gasteiger partial charge in [0.2, 0.25) is 0 Å². The van der Waals surface area contributed by atoms with Crippen LogP contribution >= 0.6 is 22.7 Å². The van der Waals surface area contributed by atoms with Gasteiger partial charge in [-0.15, -0.1) is 11.3 Å². The minimum atomic E-state index is -0.0408. The predicted octanol–water partition coefficient (Wildman–Crippen LogP) is 4.45. The normalized spacial score (nSPS) is 10.6. The summed E-state index contributed by atoms with van der Waals surface area (Å²) in [5.74, 6) is -0.0408. The molecule has 0 aliphatic rings. The Morgan fingerprint density at radius 3 is 2.77 bits per heavy atom. The molecule has 0 bridgehead atoms. The smallest absolute Gasteiger partial charge is 0.273 e. The van der Waals surface area contributed by atoms with Crippen molar-refractivity contribution < 1.29 is 4.79 Å². The van der Waals surface area contributed by atoms with Gasteiger partial charge in [-0.2, -0.15) is 11.3 Å². The highest BCUT2D eigenvalue weighted by Gasteiger charge is 2.17. The molecule has 0 spiro atoms. The van der Waals surface area contributed by atoms with E-state index >= 15 is 0 Å². The van der Waals surface area contributed by atoms with Crippen LogP contribution in [0.25, 0.3) is 10.6 Å². The molecule has 0 unspecified atom stereocenters. The van der Waals surface area contributed by atoms with Gasteiger partial charge in [0.25, 0.3) is 5.91 Å². The number of thiazole rings is 1. The highest BCUT2D eigenvalue weighted by molar-refractivity contribution is 7.14. The number of thiophene rings is 1. The number of rotatable bonds is 4. The molecule has 0 saturated heterocycles. The van der Waals surface area contributed by atoms with Crippen molar-refractivity contribution in [3.8, 4) is 10.6 Å². The molecule has 0 aliphatic carbocycles. The summed E-state index contributed by atoms with van der Waals surface area (Å²) in [6.07, 6.45) is 0. The Hall–Kier alpha value is -1.98. The zero-order chi connectivity index (χ0) is 15.5. The Morgan fingerprint density at radius 1 is 1.23 bits per heavy atom. The maximum atomic E-state index is 12.5. The van der Waals surface area contributed by atoms with Gasteiger partial charge in [-0.3, -0.25) is 4.79 Å². The molecule has 5 heteroatoms. The van der Waals surface area contributed by atoms with Crippen LogP contribution in [0.2, 0.25) is 0 Å². The lowest BCUT2D eigenvalue weighted by Crippen LogP contribution is -2.26. The second-order valence-electron chi connectivity index (χ2n) is 5.14. The lowest BCUT2D eigenvalue weighted by atomic mass is 10.1. The predicted molar refractivity (Wildman–Crippen MR) is 92.4 cm³/mol. The van der Waals surface area contributed by atoms with Crippen LogP contribution in [0, 0.1) is 6.92 Å². The summed E-state index contributed by atoms with van der Waals surface area (Å²) in [6.45, 7) is 2.65.